The topological polar surface area (TPSA) is 52.7 Å². The predicted molar refractivity (Wildman–Crippen MR) is 119 cm³/mol. The fourth-order valence-corrected chi connectivity index (χ4v) is 4.90. The van der Waals surface area contributed by atoms with Crippen LogP contribution in [0.3, 0.4) is 0 Å². The number of piperazine rings is 1. The Balaban J connectivity index is 1.43. The quantitative estimate of drug-likeness (QED) is 0.788. The SMILES string of the molecule is Cc1cccc(NC(=O)C(C2CCCC2)N2CCN(C(=O)c3cccc(F)c3)CC2)c1. The fraction of sp³-hybridized carbons (Fsp3) is 0.440. The molecular formula is C25H30FN3O2. The summed E-state index contributed by atoms with van der Waals surface area (Å²) in [5.74, 6) is -0.169. The van der Waals surface area contributed by atoms with Crippen LogP contribution in [-0.2, 0) is 4.79 Å². The summed E-state index contributed by atoms with van der Waals surface area (Å²) < 4.78 is 13.5. The number of nitrogens with zero attached hydrogens (tertiary/aromatic N) is 2. The van der Waals surface area contributed by atoms with Gasteiger partial charge in [0, 0.05) is 37.4 Å². The lowest BCUT2D eigenvalue weighted by atomic mass is 9.94. The molecule has 2 amide bonds. The van der Waals surface area contributed by atoms with Crippen molar-refractivity contribution in [3.63, 3.8) is 0 Å². The fourth-order valence-electron chi connectivity index (χ4n) is 4.90. The van der Waals surface area contributed by atoms with Gasteiger partial charge in [0.05, 0.1) is 6.04 Å². The summed E-state index contributed by atoms with van der Waals surface area (Å²) in [6.07, 6.45) is 4.45. The zero-order valence-electron chi connectivity index (χ0n) is 18.0. The van der Waals surface area contributed by atoms with Gasteiger partial charge in [-0.2, -0.15) is 0 Å². The molecule has 1 unspecified atom stereocenters. The number of benzene rings is 2. The number of hydrogen-bond acceptors (Lipinski definition) is 3. The smallest absolute Gasteiger partial charge is 0.254 e. The van der Waals surface area contributed by atoms with Crippen molar-refractivity contribution in [2.45, 2.75) is 38.6 Å². The second kappa shape index (κ2) is 9.60. The van der Waals surface area contributed by atoms with E-state index >= 15 is 0 Å². The van der Waals surface area contributed by atoms with E-state index < -0.39 is 5.82 Å². The van der Waals surface area contributed by atoms with E-state index in [1.54, 1.807) is 17.0 Å². The molecule has 31 heavy (non-hydrogen) atoms. The van der Waals surface area contributed by atoms with Crippen molar-refractivity contribution < 1.29 is 14.0 Å². The molecular weight excluding hydrogens is 393 g/mol. The van der Waals surface area contributed by atoms with Crippen molar-refractivity contribution in [3.05, 3.63) is 65.5 Å². The first kappa shape index (κ1) is 21.5. The molecule has 2 fully saturated rings. The van der Waals surface area contributed by atoms with Crippen molar-refractivity contribution >= 4 is 17.5 Å². The Kier molecular flexibility index (Phi) is 6.66. The molecule has 2 aliphatic rings. The van der Waals surface area contributed by atoms with Crippen molar-refractivity contribution in [1.82, 2.24) is 9.80 Å². The Morgan fingerprint density at radius 2 is 1.71 bits per heavy atom. The number of rotatable bonds is 5. The standard InChI is InChI=1S/C25H30FN3O2/c1-18-6-4-11-22(16-18)27-24(30)23(19-7-2-3-8-19)28-12-14-29(15-13-28)25(31)20-9-5-10-21(26)17-20/h4-6,9-11,16-17,19,23H,2-3,7-8,12-15H2,1H3,(H,27,30). The lowest BCUT2D eigenvalue weighted by Gasteiger charge is -2.40. The van der Waals surface area contributed by atoms with E-state index in [-0.39, 0.29) is 17.9 Å². The number of amides is 2. The van der Waals surface area contributed by atoms with Crippen molar-refractivity contribution in [3.8, 4) is 0 Å². The van der Waals surface area contributed by atoms with Crippen LogP contribution in [0.5, 0.6) is 0 Å². The monoisotopic (exact) mass is 423 g/mol. The second-order valence-electron chi connectivity index (χ2n) is 8.69. The third-order valence-electron chi connectivity index (χ3n) is 6.47. The highest BCUT2D eigenvalue weighted by Gasteiger charge is 2.37. The number of hydrogen-bond donors (Lipinski definition) is 1. The van der Waals surface area contributed by atoms with Gasteiger partial charge < -0.3 is 10.2 Å². The number of nitrogens with one attached hydrogen (secondary N) is 1. The third kappa shape index (κ3) is 5.13. The number of carbonyl (C=O) groups excluding carboxylic acids is 2. The molecule has 1 saturated heterocycles. The van der Waals surface area contributed by atoms with Crippen LogP contribution < -0.4 is 5.32 Å². The summed E-state index contributed by atoms with van der Waals surface area (Å²) in [4.78, 5) is 30.1. The first-order chi connectivity index (χ1) is 15.0. The average Bonchev–Trinajstić information content (AvgIpc) is 3.28. The van der Waals surface area contributed by atoms with E-state index in [2.05, 4.69) is 10.2 Å². The van der Waals surface area contributed by atoms with E-state index in [4.69, 9.17) is 0 Å². The summed E-state index contributed by atoms with van der Waals surface area (Å²) in [6, 6.07) is 13.5. The minimum absolute atomic E-state index is 0.0439. The first-order valence-electron chi connectivity index (χ1n) is 11.2. The molecule has 0 spiro atoms. The molecule has 6 heteroatoms. The molecule has 164 valence electrons. The maximum Gasteiger partial charge on any atom is 0.254 e. The van der Waals surface area contributed by atoms with E-state index in [9.17, 15) is 14.0 Å². The van der Waals surface area contributed by atoms with Gasteiger partial charge in [-0.1, -0.05) is 31.0 Å². The molecule has 1 aliphatic heterocycles. The first-order valence-corrected chi connectivity index (χ1v) is 11.2. The van der Waals surface area contributed by atoms with Gasteiger partial charge in [-0.25, -0.2) is 4.39 Å². The highest BCUT2D eigenvalue weighted by molar-refractivity contribution is 5.95. The van der Waals surface area contributed by atoms with E-state index in [1.165, 1.54) is 12.1 Å². The maximum absolute atomic E-state index is 13.5. The van der Waals surface area contributed by atoms with Gasteiger partial charge in [0.25, 0.3) is 5.91 Å². The molecule has 2 aromatic carbocycles. The minimum atomic E-state index is -0.404. The Labute approximate surface area is 183 Å². The van der Waals surface area contributed by atoms with Crippen LogP contribution in [0.4, 0.5) is 10.1 Å². The number of halogens is 1. The lowest BCUT2D eigenvalue weighted by Crippen LogP contribution is -2.56. The van der Waals surface area contributed by atoms with Gasteiger partial charge in [-0.15, -0.1) is 0 Å². The lowest BCUT2D eigenvalue weighted by molar-refractivity contribution is -0.123. The Bertz CT molecular complexity index is 934. The molecule has 0 radical (unpaired) electrons. The Morgan fingerprint density at radius 3 is 2.39 bits per heavy atom. The Morgan fingerprint density at radius 1 is 1.00 bits per heavy atom. The summed E-state index contributed by atoms with van der Waals surface area (Å²) in [5, 5.41) is 3.12. The highest BCUT2D eigenvalue weighted by atomic mass is 19.1. The average molecular weight is 424 g/mol. The molecule has 0 aromatic heterocycles. The van der Waals surface area contributed by atoms with Gasteiger partial charge in [-0.3, -0.25) is 14.5 Å². The molecule has 5 nitrogen and oxygen atoms in total. The maximum atomic E-state index is 13.5. The molecule has 0 bridgehead atoms. The molecule has 1 atom stereocenters. The second-order valence-corrected chi connectivity index (χ2v) is 8.69. The summed E-state index contributed by atoms with van der Waals surface area (Å²) in [5.41, 5.74) is 2.31. The van der Waals surface area contributed by atoms with Crippen molar-refractivity contribution in [1.29, 1.82) is 0 Å². The summed E-state index contributed by atoms with van der Waals surface area (Å²) in [7, 11) is 0. The predicted octanol–water partition coefficient (Wildman–Crippen LogP) is 4.09. The molecule has 2 aromatic rings. The van der Waals surface area contributed by atoms with E-state index in [1.807, 2.05) is 31.2 Å². The van der Waals surface area contributed by atoms with E-state index in [0.717, 1.165) is 36.9 Å². The van der Waals surface area contributed by atoms with Crippen LogP contribution in [-0.4, -0.2) is 53.8 Å². The van der Waals surface area contributed by atoms with Crippen LogP contribution in [0.15, 0.2) is 48.5 Å². The highest BCUT2D eigenvalue weighted by Crippen LogP contribution is 2.32. The molecule has 1 aliphatic carbocycles. The number of anilines is 1. The molecule has 1 N–H and O–H groups in total. The van der Waals surface area contributed by atoms with Crippen LogP contribution in [0.1, 0.15) is 41.6 Å². The summed E-state index contributed by atoms with van der Waals surface area (Å²) >= 11 is 0. The molecule has 1 heterocycles. The van der Waals surface area contributed by atoms with Gasteiger partial charge in [0.15, 0.2) is 0 Å². The summed E-state index contributed by atoms with van der Waals surface area (Å²) in [6.45, 7) is 4.37. The normalized spacial score (nSPS) is 18.7. The zero-order valence-corrected chi connectivity index (χ0v) is 18.0. The largest absolute Gasteiger partial charge is 0.336 e. The third-order valence-corrected chi connectivity index (χ3v) is 6.47. The van der Waals surface area contributed by atoms with Crippen molar-refractivity contribution in [2.75, 3.05) is 31.5 Å². The molecule has 4 rings (SSSR count). The minimum Gasteiger partial charge on any atom is -0.336 e. The van der Waals surface area contributed by atoms with Crippen LogP contribution in [0, 0.1) is 18.7 Å². The Hall–Kier alpha value is -2.73. The van der Waals surface area contributed by atoms with Gasteiger partial charge >= 0.3 is 0 Å². The van der Waals surface area contributed by atoms with Crippen LogP contribution in [0.2, 0.25) is 0 Å². The zero-order chi connectivity index (χ0) is 21.8. The van der Waals surface area contributed by atoms with Gasteiger partial charge in [-0.05, 0) is 61.6 Å². The molecule has 1 saturated carbocycles. The number of aryl methyl sites for hydroxylation is 1. The number of carbonyl (C=O) groups is 2. The van der Waals surface area contributed by atoms with Crippen LogP contribution >= 0.6 is 0 Å². The van der Waals surface area contributed by atoms with Gasteiger partial charge in [0.2, 0.25) is 5.91 Å². The van der Waals surface area contributed by atoms with Crippen molar-refractivity contribution in [2.24, 2.45) is 5.92 Å². The van der Waals surface area contributed by atoms with E-state index in [0.29, 0.717) is 37.7 Å². The van der Waals surface area contributed by atoms with Gasteiger partial charge in [0.1, 0.15) is 5.82 Å². The van der Waals surface area contributed by atoms with Crippen LogP contribution in [0.25, 0.3) is 0 Å².